The highest BCUT2D eigenvalue weighted by molar-refractivity contribution is 5.99. The van der Waals surface area contributed by atoms with Crippen molar-refractivity contribution in [2.45, 2.75) is 39.2 Å². The van der Waals surface area contributed by atoms with Crippen LogP contribution in [-0.2, 0) is 6.42 Å². The molecule has 0 bridgehead atoms. The first-order chi connectivity index (χ1) is 12.0. The second kappa shape index (κ2) is 5.92. The first-order valence-corrected chi connectivity index (χ1v) is 8.56. The fourth-order valence-electron chi connectivity index (χ4n) is 3.67. The Kier molecular flexibility index (Phi) is 3.71. The second-order valence-electron chi connectivity index (χ2n) is 6.68. The van der Waals surface area contributed by atoms with Crippen molar-refractivity contribution in [3.63, 3.8) is 0 Å². The molecule has 4 rings (SSSR count). The number of hydrogen-bond donors (Lipinski definition) is 2. The maximum absolute atomic E-state index is 12.8. The highest BCUT2D eigenvalue weighted by Crippen LogP contribution is 2.30. The minimum atomic E-state index is -0.211. The molecule has 0 unspecified atom stereocenters. The van der Waals surface area contributed by atoms with Crippen molar-refractivity contribution < 1.29 is 9.21 Å². The van der Waals surface area contributed by atoms with Gasteiger partial charge in [0.1, 0.15) is 5.58 Å². The predicted molar refractivity (Wildman–Crippen MR) is 95.9 cm³/mol. The number of carbonyl (C=O) groups excluding carboxylic acids is 1. The van der Waals surface area contributed by atoms with E-state index in [1.165, 1.54) is 6.07 Å². The summed E-state index contributed by atoms with van der Waals surface area (Å²) in [6.07, 6.45) is 2.61. The summed E-state index contributed by atoms with van der Waals surface area (Å²) in [6, 6.07) is 9.13. The molecule has 2 N–H and O–H groups in total. The van der Waals surface area contributed by atoms with Crippen LogP contribution in [0.5, 0.6) is 0 Å². The van der Waals surface area contributed by atoms with E-state index in [9.17, 15) is 9.59 Å². The summed E-state index contributed by atoms with van der Waals surface area (Å²) < 4.78 is 5.87. The summed E-state index contributed by atoms with van der Waals surface area (Å²) in [5.41, 5.74) is 4.44. The van der Waals surface area contributed by atoms with E-state index in [-0.39, 0.29) is 17.5 Å². The predicted octanol–water partition coefficient (Wildman–Crippen LogP) is 3.55. The first kappa shape index (κ1) is 15.7. The number of aromatic nitrogens is 1. The molecule has 0 spiro atoms. The zero-order valence-electron chi connectivity index (χ0n) is 14.3. The lowest BCUT2D eigenvalue weighted by Crippen LogP contribution is -2.32. The molecule has 0 saturated heterocycles. The van der Waals surface area contributed by atoms with Gasteiger partial charge in [-0.1, -0.05) is 18.2 Å². The van der Waals surface area contributed by atoms with Crippen molar-refractivity contribution in [2.75, 3.05) is 0 Å². The van der Waals surface area contributed by atoms with E-state index in [0.717, 1.165) is 52.6 Å². The van der Waals surface area contributed by atoms with Gasteiger partial charge in [0.15, 0.2) is 5.76 Å². The maximum Gasteiger partial charge on any atom is 0.287 e. The summed E-state index contributed by atoms with van der Waals surface area (Å²) in [4.78, 5) is 27.2. The monoisotopic (exact) mass is 336 g/mol. The molecule has 2 aromatic heterocycles. The number of benzene rings is 1. The maximum atomic E-state index is 12.8. The highest BCUT2D eigenvalue weighted by atomic mass is 16.3. The Morgan fingerprint density at radius 2 is 2.08 bits per heavy atom. The average molecular weight is 336 g/mol. The summed E-state index contributed by atoms with van der Waals surface area (Å²) in [5.74, 6) is 0.151. The number of fused-ring (bicyclic) bond motifs is 2. The van der Waals surface area contributed by atoms with Crippen LogP contribution in [0.1, 0.15) is 51.8 Å². The molecule has 1 amide bonds. The zero-order valence-corrected chi connectivity index (χ0v) is 14.3. The number of H-pyrrole nitrogens is 1. The van der Waals surface area contributed by atoms with Crippen molar-refractivity contribution >= 4 is 16.9 Å². The van der Waals surface area contributed by atoms with Gasteiger partial charge in [0.25, 0.3) is 5.91 Å². The SMILES string of the molecule is Cc1c(C(=O)N[C@H]2CCCc3[nH]c(=O)ccc32)oc2c(C)cccc12. The number of aromatic amines is 1. The van der Waals surface area contributed by atoms with Gasteiger partial charge in [-0.25, -0.2) is 0 Å². The molecule has 0 aliphatic heterocycles. The molecular formula is C20H20N2O3. The topological polar surface area (TPSA) is 75.1 Å². The van der Waals surface area contributed by atoms with Crippen LogP contribution in [-0.4, -0.2) is 10.9 Å². The molecule has 2 heterocycles. The van der Waals surface area contributed by atoms with E-state index in [1.807, 2.05) is 38.1 Å². The van der Waals surface area contributed by atoms with E-state index >= 15 is 0 Å². The van der Waals surface area contributed by atoms with Gasteiger partial charge in [-0.3, -0.25) is 9.59 Å². The fourth-order valence-corrected chi connectivity index (χ4v) is 3.67. The van der Waals surface area contributed by atoms with Crippen molar-refractivity contribution in [3.8, 4) is 0 Å². The van der Waals surface area contributed by atoms with Crippen LogP contribution in [0.2, 0.25) is 0 Å². The van der Waals surface area contributed by atoms with Crippen LogP contribution in [0.4, 0.5) is 0 Å². The third kappa shape index (κ3) is 2.65. The number of furan rings is 1. The average Bonchev–Trinajstić information content (AvgIpc) is 2.93. The van der Waals surface area contributed by atoms with E-state index in [1.54, 1.807) is 0 Å². The van der Waals surface area contributed by atoms with Crippen LogP contribution < -0.4 is 10.9 Å². The molecule has 5 heteroatoms. The van der Waals surface area contributed by atoms with Crippen LogP contribution in [0.25, 0.3) is 11.0 Å². The Bertz CT molecular complexity index is 1030. The molecule has 1 aromatic carbocycles. The van der Waals surface area contributed by atoms with E-state index in [2.05, 4.69) is 10.3 Å². The number of hydrogen-bond acceptors (Lipinski definition) is 3. The summed E-state index contributed by atoms with van der Waals surface area (Å²) in [6.45, 7) is 3.88. The van der Waals surface area contributed by atoms with Crippen LogP contribution in [0.15, 0.2) is 39.5 Å². The van der Waals surface area contributed by atoms with Crippen LogP contribution in [0.3, 0.4) is 0 Å². The van der Waals surface area contributed by atoms with Gasteiger partial charge < -0.3 is 14.7 Å². The Hall–Kier alpha value is -2.82. The molecule has 5 nitrogen and oxygen atoms in total. The third-order valence-corrected chi connectivity index (χ3v) is 5.00. The van der Waals surface area contributed by atoms with Gasteiger partial charge in [-0.15, -0.1) is 0 Å². The summed E-state index contributed by atoms with van der Waals surface area (Å²) >= 11 is 0. The Balaban J connectivity index is 1.67. The molecule has 0 saturated carbocycles. The molecule has 3 aromatic rings. The van der Waals surface area contributed by atoms with E-state index < -0.39 is 0 Å². The number of nitrogens with one attached hydrogen (secondary N) is 2. The van der Waals surface area contributed by atoms with Crippen LogP contribution in [0, 0.1) is 13.8 Å². The van der Waals surface area contributed by atoms with E-state index in [0.29, 0.717) is 5.76 Å². The molecule has 25 heavy (non-hydrogen) atoms. The Morgan fingerprint density at radius 3 is 2.88 bits per heavy atom. The smallest absolute Gasteiger partial charge is 0.287 e. The number of rotatable bonds is 2. The minimum absolute atomic E-state index is 0.102. The lowest BCUT2D eigenvalue weighted by atomic mass is 9.91. The van der Waals surface area contributed by atoms with Gasteiger partial charge in [0, 0.05) is 22.7 Å². The van der Waals surface area contributed by atoms with Crippen molar-refractivity contribution in [2.24, 2.45) is 0 Å². The minimum Gasteiger partial charge on any atom is -0.450 e. The Labute approximate surface area is 145 Å². The van der Waals surface area contributed by atoms with Gasteiger partial charge in [0.2, 0.25) is 5.56 Å². The number of para-hydroxylation sites is 1. The zero-order chi connectivity index (χ0) is 17.6. The van der Waals surface area contributed by atoms with Crippen molar-refractivity contribution in [1.29, 1.82) is 0 Å². The molecular weight excluding hydrogens is 316 g/mol. The number of aryl methyl sites for hydroxylation is 3. The van der Waals surface area contributed by atoms with Gasteiger partial charge in [-0.2, -0.15) is 0 Å². The lowest BCUT2D eigenvalue weighted by Gasteiger charge is -2.25. The van der Waals surface area contributed by atoms with Gasteiger partial charge >= 0.3 is 0 Å². The third-order valence-electron chi connectivity index (χ3n) is 5.00. The van der Waals surface area contributed by atoms with Gasteiger partial charge in [0.05, 0.1) is 6.04 Å². The summed E-state index contributed by atoms with van der Waals surface area (Å²) in [5, 5.41) is 4.05. The van der Waals surface area contributed by atoms with Crippen molar-refractivity contribution in [1.82, 2.24) is 10.3 Å². The number of pyridine rings is 1. The standard InChI is InChI=1S/C20H20N2O3/c1-11-5-3-6-13-12(2)19(25-18(11)13)20(24)22-16-8-4-7-15-14(16)9-10-17(23)21-15/h3,5-6,9-10,16H,4,7-8H2,1-2H3,(H,21,23)(H,22,24)/t16-/m0/s1. The molecule has 1 aliphatic carbocycles. The van der Waals surface area contributed by atoms with Crippen LogP contribution >= 0.6 is 0 Å². The molecule has 0 fully saturated rings. The molecule has 1 atom stereocenters. The molecule has 128 valence electrons. The fraction of sp³-hybridized carbons (Fsp3) is 0.300. The quantitative estimate of drug-likeness (QED) is 0.751. The molecule has 0 radical (unpaired) electrons. The first-order valence-electron chi connectivity index (χ1n) is 8.56. The highest BCUT2D eigenvalue weighted by Gasteiger charge is 2.25. The van der Waals surface area contributed by atoms with Crippen molar-refractivity contribution in [3.05, 3.63) is 68.8 Å². The number of amides is 1. The second-order valence-corrected chi connectivity index (χ2v) is 6.68. The van der Waals surface area contributed by atoms with Gasteiger partial charge in [-0.05, 0) is 50.3 Å². The molecule has 1 aliphatic rings. The number of carbonyl (C=O) groups is 1. The normalized spacial score (nSPS) is 16.6. The lowest BCUT2D eigenvalue weighted by molar-refractivity contribution is 0.0905. The summed E-state index contributed by atoms with van der Waals surface area (Å²) in [7, 11) is 0. The Morgan fingerprint density at radius 1 is 1.24 bits per heavy atom. The largest absolute Gasteiger partial charge is 0.450 e. The van der Waals surface area contributed by atoms with E-state index in [4.69, 9.17) is 4.42 Å².